The van der Waals surface area contributed by atoms with Crippen LogP contribution >= 0.6 is 0 Å². The maximum Gasteiger partial charge on any atom is 0.250 e. The van der Waals surface area contributed by atoms with Gasteiger partial charge >= 0.3 is 0 Å². The van der Waals surface area contributed by atoms with Gasteiger partial charge in [0.05, 0.1) is 6.33 Å². The molecule has 4 heteroatoms. The van der Waals surface area contributed by atoms with Crippen LogP contribution in [0.5, 0.6) is 0 Å². The molecule has 2 rings (SSSR count). The van der Waals surface area contributed by atoms with Gasteiger partial charge in [-0.1, -0.05) is 0 Å². The van der Waals surface area contributed by atoms with E-state index in [4.69, 9.17) is 0 Å². The summed E-state index contributed by atoms with van der Waals surface area (Å²) in [7, 11) is 0. The topological polar surface area (TPSA) is 57.8 Å². The first-order chi connectivity index (χ1) is 6.84. The predicted octanol–water partition coefficient (Wildman–Crippen LogP) is 0.454. The zero-order valence-corrected chi connectivity index (χ0v) is 8.12. The van der Waals surface area contributed by atoms with Crippen molar-refractivity contribution in [1.82, 2.24) is 15.3 Å². The van der Waals surface area contributed by atoms with Crippen LogP contribution in [0, 0.1) is 0 Å². The SMILES string of the molecule is O=c1cc(CCC2CCCN2)nc[nH]1. The van der Waals surface area contributed by atoms with Crippen molar-refractivity contribution in [1.29, 1.82) is 0 Å². The minimum Gasteiger partial charge on any atom is -0.314 e. The van der Waals surface area contributed by atoms with Gasteiger partial charge in [-0.05, 0) is 32.2 Å². The van der Waals surface area contributed by atoms with Gasteiger partial charge in [-0.25, -0.2) is 4.98 Å². The van der Waals surface area contributed by atoms with Crippen molar-refractivity contribution in [3.05, 3.63) is 28.4 Å². The molecule has 0 spiro atoms. The molecule has 1 atom stereocenters. The van der Waals surface area contributed by atoms with Crippen molar-refractivity contribution in [2.24, 2.45) is 0 Å². The van der Waals surface area contributed by atoms with Gasteiger partial charge in [0.2, 0.25) is 0 Å². The fraction of sp³-hybridized carbons (Fsp3) is 0.600. The van der Waals surface area contributed by atoms with Crippen molar-refractivity contribution >= 4 is 0 Å². The van der Waals surface area contributed by atoms with E-state index in [-0.39, 0.29) is 5.56 Å². The fourth-order valence-corrected chi connectivity index (χ4v) is 1.87. The zero-order chi connectivity index (χ0) is 9.80. The van der Waals surface area contributed by atoms with Crippen LogP contribution in [0.15, 0.2) is 17.2 Å². The zero-order valence-electron chi connectivity index (χ0n) is 8.12. The van der Waals surface area contributed by atoms with E-state index in [2.05, 4.69) is 15.3 Å². The highest BCUT2D eigenvalue weighted by Gasteiger charge is 2.13. The lowest BCUT2D eigenvalue weighted by Crippen LogP contribution is -2.22. The number of aromatic amines is 1. The van der Waals surface area contributed by atoms with E-state index in [0.29, 0.717) is 6.04 Å². The molecule has 14 heavy (non-hydrogen) atoms. The Balaban J connectivity index is 1.88. The summed E-state index contributed by atoms with van der Waals surface area (Å²) in [6.07, 6.45) is 5.97. The molecule has 4 nitrogen and oxygen atoms in total. The molecule has 2 heterocycles. The van der Waals surface area contributed by atoms with E-state index in [9.17, 15) is 4.79 Å². The molecule has 1 fully saturated rings. The number of aryl methyl sites for hydroxylation is 1. The van der Waals surface area contributed by atoms with E-state index < -0.39 is 0 Å². The van der Waals surface area contributed by atoms with Gasteiger partial charge in [0, 0.05) is 17.8 Å². The highest BCUT2D eigenvalue weighted by atomic mass is 16.1. The van der Waals surface area contributed by atoms with Gasteiger partial charge < -0.3 is 10.3 Å². The second-order valence-corrected chi connectivity index (χ2v) is 3.73. The Bertz CT molecular complexity index is 341. The van der Waals surface area contributed by atoms with Crippen LogP contribution in [0.4, 0.5) is 0 Å². The van der Waals surface area contributed by atoms with Gasteiger partial charge in [0.15, 0.2) is 0 Å². The smallest absolute Gasteiger partial charge is 0.250 e. The average Bonchev–Trinajstić information content (AvgIpc) is 2.67. The summed E-state index contributed by atoms with van der Waals surface area (Å²) >= 11 is 0. The first-order valence-electron chi connectivity index (χ1n) is 5.11. The Morgan fingerprint density at radius 2 is 2.50 bits per heavy atom. The van der Waals surface area contributed by atoms with E-state index in [1.165, 1.54) is 19.2 Å². The minimum atomic E-state index is -0.0608. The van der Waals surface area contributed by atoms with Crippen LogP contribution in [0.25, 0.3) is 0 Å². The van der Waals surface area contributed by atoms with Gasteiger partial charge in [-0.15, -0.1) is 0 Å². The largest absolute Gasteiger partial charge is 0.314 e. The summed E-state index contributed by atoms with van der Waals surface area (Å²) in [4.78, 5) is 17.6. The summed E-state index contributed by atoms with van der Waals surface area (Å²) in [5, 5.41) is 3.43. The Labute approximate surface area is 82.8 Å². The number of hydrogen-bond acceptors (Lipinski definition) is 3. The Hall–Kier alpha value is -1.16. The number of nitrogens with one attached hydrogen (secondary N) is 2. The van der Waals surface area contributed by atoms with Crippen LogP contribution < -0.4 is 10.9 Å². The molecule has 1 aliphatic heterocycles. The summed E-state index contributed by atoms with van der Waals surface area (Å²) in [5.41, 5.74) is 0.830. The van der Waals surface area contributed by atoms with Crippen molar-refractivity contribution in [2.45, 2.75) is 31.7 Å². The highest BCUT2D eigenvalue weighted by Crippen LogP contribution is 2.10. The van der Waals surface area contributed by atoms with Gasteiger partial charge in [-0.2, -0.15) is 0 Å². The molecule has 0 amide bonds. The minimum absolute atomic E-state index is 0.0608. The normalized spacial score (nSPS) is 21.3. The molecule has 1 aromatic heterocycles. The van der Waals surface area contributed by atoms with Crippen LogP contribution in [0.3, 0.4) is 0 Å². The van der Waals surface area contributed by atoms with Crippen LogP contribution in [0.2, 0.25) is 0 Å². The van der Waals surface area contributed by atoms with Crippen LogP contribution in [-0.2, 0) is 6.42 Å². The molecule has 1 aliphatic rings. The summed E-state index contributed by atoms with van der Waals surface area (Å²) < 4.78 is 0. The first kappa shape index (κ1) is 9.40. The number of H-pyrrole nitrogens is 1. The molecule has 76 valence electrons. The van der Waals surface area contributed by atoms with Crippen molar-refractivity contribution < 1.29 is 0 Å². The van der Waals surface area contributed by atoms with Crippen LogP contribution in [-0.4, -0.2) is 22.6 Å². The average molecular weight is 193 g/mol. The van der Waals surface area contributed by atoms with E-state index >= 15 is 0 Å². The fourth-order valence-electron chi connectivity index (χ4n) is 1.87. The van der Waals surface area contributed by atoms with Gasteiger partial charge in [0.25, 0.3) is 5.56 Å². The summed E-state index contributed by atoms with van der Waals surface area (Å²) in [6, 6.07) is 2.20. The third-order valence-electron chi connectivity index (χ3n) is 2.65. The second-order valence-electron chi connectivity index (χ2n) is 3.73. The van der Waals surface area contributed by atoms with Crippen LogP contribution in [0.1, 0.15) is 25.0 Å². The van der Waals surface area contributed by atoms with Gasteiger partial charge in [-0.3, -0.25) is 4.79 Å². The lowest BCUT2D eigenvalue weighted by Gasteiger charge is -2.08. The molecular weight excluding hydrogens is 178 g/mol. The molecular formula is C10H15N3O. The Morgan fingerprint density at radius 3 is 3.21 bits per heavy atom. The lowest BCUT2D eigenvalue weighted by molar-refractivity contribution is 0.555. The maximum absolute atomic E-state index is 11.0. The van der Waals surface area contributed by atoms with E-state index in [0.717, 1.165) is 25.1 Å². The molecule has 0 radical (unpaired) electrons. The number of aromatic nitrogens is 2. The molecule has 0 bridgehead atoms. The van der Waals surface area contributed by atoms with E-state index in [1.54, 1.807) is 6.07 Å². The monoisotopic (exact) mass is 193 g/mol. The number of hydrogen-bond donors (Lipinski definition) is 2. The third kappa shape index (κ3) is 2.42. The maximum atomic E-state index is 11.0. The quantitative estimate of drug-likeness (QED) is 0.733. The molecule has 1 saturated heterocycles. The lowest BCUT2D eigenvalue weighted by atomic mass is 10.1. The predicted molar refractivity (Wildman–Crippen MR) is 54.2 cm³/mol. The standard InChI is InChI=1S/C10H15N3O/c14-10-6-9(12-7-13-10)4-3-8-2-1-5-11-8/h6-8,11H,1-5H2,(H,12,13,14). The molecule has 1 aromatic rings. The highest BCUT2D eigenvalue weighted by molar-refractivity contribution is 4.99. The number of nitrogens with zero attached hydrogens (tertiary/aromatic N) is 1. The Morgan fingerprint density at radius 1 is 1.57 bits per heavy atom. The Kier molecular flexibility index (Phi) is 2.93. The molecule has 0 saturated carbocycles. The first-order valence-corrected chi connectivity index (χ1v) is 5.11. The van der Waals surface area contributed by atoms with Crippen molar-refractivity contribution in [2.75, 3.05) is 6.54 Å². The summed E-state index contributed by atoms with van der Waals surface area (Å²) in [6.45, 7) is 1.13. The van der Waals surface area contributed by atoms with Crippen molar-refractivity contribution in [3.63, 3.8) is 0 Å². The summed E-state index contributed by atoms with van der Waals surface area (Å²) in [5.74, 6) is 0. The van der Waals surface area contributed by atoms with Crippen molar-refractivity contribution in [3.8, 4) is 0 Å². The molecule has 0 aliphatic carbocycles. The molecule has 1 unspecified atom stereocenters. The third-order valence-corrected chi connectivity index (χ3v) is 2.65. The molecule has 0 aromatic carbocycles. The second kappa shape index (κ2) is 4.37. The van der Waals surface area contributed by atoms with E-state index in [1.807, 2.05) is 0 Å². The van der Waals surface area contributed by atoms with Gasteiger partial charge in [0.1, 0.15) is 0 Å². The number of rotatable bonds is 3. The molecule has 2 N–H and O–H groups in total.